The van der Waals surface area contributed by atoms with Crippen molar-refractivity contribution in [2.75, 3.05) is 7.05 Å². The van der Waals surface area contributed by atoms with Crippen molar-refractivity contribution < 1.29 is 14.1 Å². The SMILES string of the molecule is CC[C@@H](Oc1ccc2c(c1)CCCC2)C(=O)N(C)Cc1nc(-c2cccs2)no1. The van der Waals surface area contributed by atoms with E-state index in [0.29, 0.717) is 18.1 Å². The lowest BCUT2D eigenvalue weighted by Gasteiger charge is -2.24. The quantitative estimate of drug-likeness (QED) is 0.573. The molecule has 1 amide bonds. The number of hydrogen-bond acceptors (Lipinski definition) is 6. The molecule has 6 nitrogen and oxygen atoms in total. The van der Waals surface area contributed by atoms with Crippen molar-refractivity contribution in [2.24, 2.45) is 0 Å². The molecule has 0 N–H and O–H groups in total. The molecular formula is C22H25N3O3S. The molecule has 0 saturated heterocycles. The van der Waals surface area contributed by atoms with Crippen LogP contribution >= 0.6 is 11.3 Å². The van der Waals surface area contributed by atoms with Gasteiger partial charge in [0.05, 0.1) is 11.4 Å². The highest BCUT2D eigenvalue weighted by Crippen LogP contribution is 2.26. The molecule has 0 aliphatic heterocycles. The number of nitrogens with zero attached hydrogens (tertiary/aromatic N) is 3. The molecule has 2 aromatic heterocycles. The van der Waals surface area contributed by atoms with E-state index in [2.05, 4.69) is 22.3 Å². The van der Waals surface area contributed by atoms with Crippen LogP contribution in [-0.2, 0) is 24.2 Å². The van der Waals surface area contributed by atoms with Crippen LogP contribution in [0.25, 0.3) is 10.7 Å². The molecule has 0 spiro atoms. The molecule has 29 heavy (non-hydrogen) atoms. The number of carbonyl (C=O) groups excluding carboxylic acids is 1. The Balaban J connectivity index is 1.40. The van der Waals surface area contributed by atoms with Crippen molar-refractivity contribution in [2.45, 2.75) is 51.7 Å². The number of ether oxygens (including phenoxy) is 1. The van der Waals surface area contributed by atoms with Gasteiger partial charge in [0, 0.05) is 7.05 Å². The normalized spacial score (nSPS) is 14.3. The van der Waals surface area contributed by atoms with E-state index in [-0.39, 0.29) is 12.5 Å². The van der Waals surface area contributed by atoms with Crippen LogP contribution in [-0.4, -0.2) is 34.1 Å². The molecule has 2 heterocycles. The van der Waals surface area contributed by atoms with Crippen LogP contribution in [0.1, 0.15) is 43.2 Å². The molecule has 1 aromatic carbocycles. The summed E-state index contributed by atoms with van der Waals surface area (Å²) in [5, 5.41) is 5.96. The van der Waals surface area contributed by atoms with E-state index in [4.69, 9.17) is 9.26 Å². The van der Waals surface area contributed by atoms with E-state index >= 15 is 0 Å². The average Bonchev–Trinajstić information content (AvgIpc) is 3.43. The number of fused-ring (bicyclic) bond motifs is 1. The predicted molar refractivity (Wildman–Crippen MR) is 112 cm³/mol. The van der Waals surface area contributed by atoms with Crippen LogP contribution in [0.15, 0.2) is 40.2 Å². The Hall–Kier alpha value is -2.67. The maximum absolute atomic E-state index is 12.9. The number of thiophene rings is 1. The van der Waals surface area contributed by atoms with Crippen molar-refractivity contribution >= 4 is 17.2 Å². The van der Waals surface area contributed by atoms with Crippen LogP contribution < -0.4 is 4.74 Å². The number of aryl methyl sites for hydroxylation is 2. The molecule has 0 bridgehead atoms. The smallest absolute Gasteiger partial charge is 0.263 e. The molecule has 152 valence electrons. The molecular weight excluding hydrogens is 386 g/mol. The summed E-state index contributed by atoms with van der Waals surface area (Å²) in [6.07, 6.45) is 4.73. The van der Waals surface area contributed by atoms with Crippen molar-refractivity contribution in [1.82, 2.24) is 15.0 Å². The van der Waals surface area contributed by atoms with Gasteiger partial charge >= 0.3 is 0 Å². The summed E-state index contributed by atoms with van der Waals surface area (Å²) < 4.78 is 11.4. The maximum Gasteiger partial charge on any atom is 0.263 e. The van der Waals surface area contributed by atoms with Crippen molar-refractivity contribution in [3.05, 3.63) is 52.7 Å². The monoisotopic (exact) mass is 411 g/mol. The van der Waals surface area contributed by atoms with Gasteiger partial charge in [0.2, 0.25) is 11.7 Å². The number of amides is 1. The van der Waals surface area contributed by atoms with E-state index in [1.54, 1.807) is 23.3 Å². The fourth-order valence-electron chi connectivity index (χ4n) is 3.61. The Morgan fingerprint density at radius 3 is 2.86 bits per heavy atom. The van der Waals surface area contributed by atoms with Gasteiger partial charge in [-0.1, -0.05) is 24.2 Å². The predicted octanol–water partition coefficient (Wildman–Crippen LogP) is 4.49. The molecule has 7 heteroatoms. The molecule has 3 aromatic rings. The van der Waals surface area contributed by atoms with Gasteiger partial charge in [-0.05, 0) is 66.8 Å². The zero-order valence-corrected chi connectivity index (χ0v) is 17.6. The molecule has 0 fully saturated rings. The van der Waals surface area contributed by atoms with Gasteiger partial charge < -0.3 is 14.2 Å². The first-order valence-electron chi connectivity index (χ1n) is 10.0. The minimum absolute atomic E-state index is 0.0962. The van der Waals surface area contributed by atoms with Crippen LogP contribution in [0.2, 0.25) is 0 Å². The van der Waals surface area contributed by atoms with Gasteiger partial charge in [0.25, 0.3) is 5.91 Å². The van der Waals surface area contributed by atoms with E-state index in [1.165, 1.54) is 24.0 Å². The number of benzene rings is 1. The first kappa shape index (κ1) is 19.6. The first-order valence-corrected chi connectivity index (χ1v) is 10.9. The first-order chi connectivity index (χ1) is 14.1. The van der Waals surface area contributed by atoms with Gasteiger partial charge in [-0.3, -0.25) is 4.79 Å². The zero-order chi connectivity index (χ0) is 20.2. The maximum atomic E-state index is 12.9. The molecule has 0 unspecified atom stereocenters. The van der Waals surface area contributed by atoms with Gasteiger partial charge in [-0.15, -0.1) is 11.3 Å². The number of carbonyl (C=O) groups is 1. The summed E-state index contributed by atoms with van der Waals surface area (Å²) in [7, 11) is 1.73. The van der Waals surface area contributed by atoms with Crippen LogP contribution in [0.4, 0.5) is 0 Å². The Morgan fingerprint density at radius 2 is 2.10 bits per heavy atom. The number of aromatic nitrogens is 2. The fourth-order valence-corrected chi connectivity index (χ4v) is 4.26. The van der Waals surface area contributed by atoms with Crippen LogP contribution in [0.3, 0.4) is 0 Å². The van der Waals surface area contributed by atoms with Crippen molar-refractivity contribution in [3.8, 4) is 16.5 Å². The Morgan fingerprint density at radius 1 is 1.28 bits per heavy atom. The number of hydrogen-bond donors (Lipinski definition) is 0. The summed E-state index contributed by atoms with van der Waals surface area (Å²) >= 11 is 1.55. The third kappa shape index (κ3) is 4.50. The summed E-state index contributed by atoms with van der Waals surface area (Å²) in [6.45, 7) is 2.21. The molecule has 1 aliphatic carbocycles. The molecule has 1 aliphatic rings. The standard InChI is InChI=1S/C22H25N3O3S/c1-3-18(27-17-11-10-15-7-4-5-8-16(15)13-17)22(26)25(2)14-20-23-21(24-28-20)19-9-6-12-29-19/h6,9-13,18H,3-5,7-8,14H2,1-2H3/t18-/m1/s1. The number of likely N-dealkylation sites (N-methyl/N-ethyl adjacent to an activating group) is 1. The van der Waals surface area contributed by atoms with Gasteiger partial charge in [0.1, 0.15) is 5.75 Å². The second kappa shape index (κ2) is 8.78. The highest BCUT2D eigenvalue weighted by atomic mass is 32.1. The zero-order valence-electron chi connectivity index (χ0n) is 16.8. The topological polar surface area (TPSA) is 68.5 Å². The number of rotatable bonds is 7. The third-order valence-electron chi connectivity index (χ3n) is 5.20. The van der Waals surface area contributed by atoms with Crippen molar-refractivity contribution in [1.29, 1.82) is 0 Å². The highest BCUT2D eigenvalue weighted by molar-refractivity contribution is 7.13. The average molecular weight is 412 g/mol. The van der Waals surface area contributed by atoms with Gasteiger partial charge in [-0.25, -0.2) is 0 Å². The summed E-state index contributed by atoms with van der Waals surface area (Å²) in [5.74, 6) is 1.62. The summed E-state index contributed by atoms with van der Waals surface area (Å²) in [4.78, 5) is 19.8. The molecule has 1 atom stereocenters. The second-order valence-electron chi connectivity index (χ2n) is 7.34. The van der Waals surface area contributed by atoms with E-state index in [1.807, 2.05) is 30.5 Å². The summed E-state index contributed by atoms with van der Waals surface area (Å²) in [6, 6.07) is 10.1. The Labute approximate surface area is 174 Å². The van der Waals surface area contributed by atoms with Crippen LogP contribution in [0.5, 0.6) is 5.75 Å². The molecule has 4 rings (SSSR count). The van der Waals surface area contributed by atoms with Crippen molar-refractivity contribution in [3.63, 3.8) is 0 Å². The molecule has 0 saturated carbocycles. The lowest BCUT2D eigenvalue weighted by Crippen LogP contribution is -2.39. The third-order valence-corrected chi connectivity index (χ3v) is 6.07. The van der Waals surface area contributed by atoms with E-state index in [9.17, 15) is 4.79 Å². The van der Waals surface area contributed by atoms with E-state index < -0.39 is 6.10 Å². The fraction of sp³-hybridized carbons (Fsp3) is 0.409. The minimum atomic E-state index is -0.540. The van der Waals surface area contributed by atoms with Gasteiger partial charge in [0.15, 0.2) is 6.10 Å². The largest absolute Gasteiger partial charge is 0.481 e. The Kier molecular flexibility index (Phi) is 5.94. The minimum Gasteiger partial charge on any atom is -0.481 e. The molecule has 0 radical (unpaired) electrons. The highest BCUT2D eigenvalue weighted by Gasteiger charge is 2.24. The van der Waals surface area contributed by atoms with E-state index in [0.717, 1.165) is 23.5 Å². The van der Waals surface area contributed by atoms with Gasteiger partial charge in [-0.2, -0.15) is 4.98 Å². The lowest BCUT2D eigenvalue weighted by atomic mass is 9.92. The Bertz CT molecular complexity index is 968. The second-order valence-corrected chi connectivity index (χ2v) is 8.28. The van der Waals surface area contributed by atoms with Crippen LogP contribution in [0, 0.1) is 0 Å². The summed E-state index contributed by atoms with van der Waals surface area (Å²) in [5.41, 5.74) is 2.74. The lowest BCUT2D eigenvalue weighted by molar-refractivity contribution is -0.138.